The molecule has 0 radical (unpaired) electrons. The average molecular weight is 759 g/mol. The first-order valence-electron chi connectivity index (χ1n) is 16.7. The van der Waals surface area contributed by atoms with Crippen LogP contribution in [0.5, 0.6) is 0 Å². The maximum Gasteiger partial charge on any atom is 0.473 e. The van der Waals surface area contributed by atoms with Gasteiger partial charge in [-0.15, -0.1) is 0 Å². The van der Waals surface area contributed by atoms with Crippen LogP contribution in [0.2, 0.25) is 0 Å². The number of nitrogen functional groups attached to an aromatic ring is 1. The first-order valence-corrected chi connectivity index (χ1v) is 16.7. The van der Waals surface area contributed by atoms with E-state index >= 15 is 14.4 Å². The Kier molecular flexibility index (Phi) is 9.19. The molecule has 1 unspecified atom stereocenters. The predicted molar refractivity (Wildman–Crippen MR) is 194 cm³/mol. The molecule has 56 heavy (non-hydrogen) atoms. The van der Waals surface area contributed by atoms with Gasteiger partial charge in [0, 0.05) is 29.4 Å². The largest absolute Gasteiger partial charge is 0.473 e. The van der Waals surface area contributed by atoms with Crippen LogP contribution in [-0.2, 0) is 15.2 Å². The summed E-state index contributed by atoms with van der Waals surface area (Å²) in [4.78, 5) is 83.2. The number of nitrogens with zero attached hydrogens (tertiary/aromatic N) is 5. The molecule has 6 aromatic rings. The zero-order chi connectivity index (χ0) is 40.0. The number of nitrogens with two attached hydrogens (primary N) is 1. The van der Waals surface area contributed by atoms with E-state index in [1.807, 2.05) is 0 Å². The number of carbonyl (C=O) groups excluding carboxylic acids is 4. The summed E-state index contributed by atoms with van der Waals surface area (Å²) >= 11 is 0. The minimum atomic E-state index is -3.99. The lowest BCUT2D eigenvalue weighted by Gasteiger charge is -2.45. The molecule has 7 rings (SSSR count). The normalized spacial score (nSPS) is 23.7. The molecule has 4 aromatic carbocycles. The summed E-state index contributed by atoms with van der Waals surface area (Å²) in [5, 5.41) is 51.4. The summed E-state index contributed by atoms with van der Waals surface area (Å²) in [7, 11) is 0.763. The van der Waals surface area contributed by atoms with Gasteiger partial charge in [0.05, 0.1) is 0 Å². The van der Waals surface area contributed by atoms with Gasteiger partial charge >= 0.3 is 5.95 Å². The molecule has 0 spiro atoms. The summed E-state index contributed by atoms with van der Waals surface area (Å²) in [5.74, 6) is -11.3. The maximum absolute atomic E-state index is 15.4. The molecular formula is C39H30N6O11. The number of hydrogen-bond donors (Lipinski definition) is 4. The van der Waals surface area contributed by atoms with Crippen molar-refractivity contribution in [3.8, 4) is 0 Å². The van der Waals surface area contributed by atoms with Crippen LogP contribution in [0.25, 0.3) is 11.2 Å². The molecule has 3 heterocycles. The number of imidazole rings is 1. The maximum atomic E-state index is 15.4. The number of aliphatic hydroxyl groups is 3. The average Bonchev–Trinajstić information content (AvgIpc) is 3.75. The fraction of sp³-hybridized carbons (Fsp3) is 0.154. The second-order valence-electron chi connectivity index (χ2n) is 12.7. The lowest BCUT2D eigenvalue weighted by molar-refractivity contribution is -0.394. The summed E-state index contributed by atoms with van der Waals surface area (Å²) < 4.78 is 12.8. The molecule has 5 atom stereocenters. The Bertz CT molecular complexity index is 2520. The number of ketones is 4. The number of aromatic nitrogens is 4. The number of carbonyl (C=O) groups is 4. The van der Waals surface area contributed by atoms with Crippen molar-refractivity contribution in [1.82, 2.24) is 19.5 Å². The lowest BCUT2D eigenvalue weighted by atomic mass is 9.65. The molecule has 1 fully saturated rings. The Morgan fingerprint density at radius 3 is 1.71 bits per heavy atom. The van der Waals surface area contributed by atoms with E-state index in [1.54, 1.807) is 6.07 Å². The number of anilines is 1. The predicted octanol–water partition coefficient (Wildman–Crippen LogP) is 2.70. The highest BCUT2D eigenvalue weighted by atomic mass is 16.7. The second-order valence-corrected chi connectivity index (χ2v) is 12.7. The minimum absolute atomic E-state index is 0.240. The van der Waals surface area contributed by atoms with Gasteiger partial charge in [0.15, 0.2) is 17.4 Å². The molecule has 282 valence electrons. The highest BCUT2D eigenvalue weighted by Crippen LogP contribution is 2.60. The quantitative estimate of drug-likeness (QED) is 0.0605. The first kappa shape index (κ1) is 37.4. The zero-order valence-corrected chi connectivity index (χ0v) is 29.1. The van der Waals surface area contributed by atoms with Gasteiger partial charge in [0.25, 0.3) is 11.5 Å². The summed E-state index contributed by atoms with van der Waals surface area (Å²) in [5.41, 5.74) is -7.61. The number of aliphatic hydroxyl groups excluding tert-OH is 1. The van der Waals surface area contributed by atoms with Crippen molar-refractivity contribution >= 4 is 46.1 Å². The summed E-state index contributed by atoms with van der Waals surface area (Å²) in [6.45, 7) is 0. The van der Waals surface area contributed by atoms with Gasteiger partial charge in [-0.2, -0.15) is 0 Å². The van der Waals surface area contributed by atoms with E-state index in [9.17, 15) is 30.2 Å². The Morgan fingerprint density at radius 2 is 1.23 bits per heavy atom. The van der Waals surface area contributed by atoms with Gasteiger partial charge in [0.1, 0.15) is 6.33 Å². The van der Waals surface area contributed by atoms with Gasteiger partial charge < -0.3 is 40.6 Å². The smallest absolute Gasteiger partial charge is 0.390 e. The van der Waals surface area contributed by atoms with Crippen molar-refractivity contribution < 1.29 is 48.9 Å². The van der Waals surface area contributed by atoms with Crippen molar-refractivity contribution in [2.24, 2.45) is 0 Å². The molecule has 0 saturated carbocycles. The van der Waals surface area contributed by atoms with Gasteiger partial charge in [0.2, 0.25) is 40.0 Å². The molecule has 17 nitrogen and oxygen atoms in total. The van der Waals surface area contributed by atoms with Gasteiger partial charge in [-0.1, -0.05) is 121 Å². The molecule has 5 N–H and O–H groups in total. The SMILES string of the molecule is CO[C@@]1(O)[C@@](O)(C(=O)c2ccccc2)[C@@](C(=O)c2ccccc2)(C(O)C(=O)c2ccccc2)O[C@@]1(C(=O)c1ccccc1)n1cnc2c(N)nc([N+](=O)[O-])nc21. The van der Waals surface area contributed by atoms with Crippen molar-refractivity contribution in [3.05, 3.63) is 160 Å². The van der Waals surface area contributed by atoms with Crippen LogP contribution in [0.3, 0.4) is 0 Å². The van der Waals surface area contributed by atoms with E-state index in [-0.39, 0.29) is 16.7 Å². The highest BCUT2D eigenvalue weighted by Gasteiger charge is 2.90. The lowest BCUT2D eigenvalue weighted by Crippen LogP contribution is -2.76. The van der Waals surface area contributed by atoms with Crippen molar-refractivity contribution in [2.45, 2.75) is 28.8 Å². The van der Waals surface area contributed by atoms with Crippen molar-refractivity contribution in [2.75, 3.05) is 12.8 Å². The monoisotopic (exact) mass is 758 g/mol. The number of fused-ring (bicyclic) bond motifs is 1. The topological polar surface area (TPSA) is 260 Å². The van der Waals surface area contributed by atoms with E-state index in [0.29, 0.717) is 4.57 Å². The van der Waals surface area contributed by atoms with E-state index < -0.39 is 85.4 Å². The summed E-state index contributed by atoms with van der Waals surface area (Å²) in [6, 6.07) is 27.2. The highest BCUT2D eigenvalue weighted by molar-refractivity contribution is 6.19. The van der Waals surface area contributed by atoms with Crippen LogP contribution in [0.15, 0.2) is 128 Å². The number of Topliss-reactive ketones (excluding diaryl/α,β-unsaturated/α-hetero) is 4. The van der Waals surface area contributed by atoms with E-state index in [2.05, 4.69) is 15.0 Å². The van der Waals surface area contributed by atoms with E-state index in [0.717, 1.165) is 13.4 Å². The number of hydrogen-bond acceptors (Lipinski definition) is 15. The summed E-state index contributed by atoms with van der Waals surface area (Å²) in [6.07, 6.45) is -2.15. The number of rotatable bonds is 12. The Balaban J connectivity index is 1.70. The molecule has 1 saturated heterocycles. The number of benzene rings is 4. The molecule has 0 aliphatic carbocycles. The third kappa shape index (κ3) is 5.10. The molecule has 1 aliphatic heterocycles. The standard InChI is InChI=1S/C39H30N6O11/c1-55-39(52)37(51,30(48)25-18-10-4-11-19-25)36(29(47)24-16-8-3-9-17-24,32(50)28(46)23-14-6-2-7-15-23)56-38(39,31(49)26-20-12-5-13-21-26)44-22-41-27-33(40)42-35(45(53)54)43-34(27)44/h2-22,32,50-52H,1H3,(H2,40,42,43)/t32?,36-,37-,38-,39+/m1/s1. The van der Waals surface area contributed by atoms with Crippen LogP contribution < -0.4 is 5.73 Å². The number of ether oxygens (including phenoxy) is 2. The van der Waals surface area contributed by atoms with Crippen molar-refractivity contribution in [1.29, 1.82) is 0 Å². The number of nitro groups is 1. The Labute approximate surface area is 315 Å². The second kappa shape index (κ2) is 13.8. The fourth-order valence-electron chi connectivity index (χ4n) is 7.15. The third-order valence-corrected chi connectivity index (χ3v) is 9.78. The van der Waals surface area contributed by atoms with E-state index in [4.69, 9.17) is 15.2 Å². The van der Waals surface area contributed by atoms with Crippen LogP contribution >= 0.6 is 0 Å². The molecular weight excluding hydrogens is 728 g/mol. The van der Waals surface area contributed by atoms with Gasteiger partial charge in [-0.05, 0) is 14.9 Å². The van der Waals surface area contributed by atoms with Gasteiger partial charge in [-0.25, -0.2) is 4.98 Å². The molecule has 0 amide bonds. The Morgan fingerprint density at radius 1 is 0.768 bits per heavy atom. The fourth-order valence-corrected chi connectivity index (χ4v) is 7.15. The molecule has 0 bridgehead atoms. The first-order chi connectivity index (χ1) is 26.8. The number of methoxy groups -OCH3 is 1. The molecule has 1 aliphatic rings. The van der Waals surface area contributed by atoms with E-state index in [1.165, 1.54) is 115 Å². The Hall–Kier alpha value is -6.89. The molecule has 17 heteroatoms. The van der Waals surface area contributed by atoms with Crippen LogP contribution in [0.1, 0.15) is 41.4 Å². The van der Waals surface area contributed by atoms with Crippen LogP contribution in [-0.4, -0.2) is 93.1 Å². The van der Waals surface area contributed by atoms with Gasteiger partial charge in [-0.3, -0.25) is 23.7 Å². The molecule has 2 aromatic heterocycles. The third-order valence-electron chi connectivity index (χ3n) is 9.78. The van der Waals surface area contributed by atoms with Crippen molar-refractivity contribution in [3.63, 3.8) is 0 Å². The minimum Gasteiger partial charge on any atom is -0.390 e. The zero-order valence-electron chi connectivity index (χ0n) is 29.1. The van der Waals surface area contributed by atoms with Crippen LogP contribution in [0.4, 0.5) is 11.8 Å². The van der Waals surface area contributed by atoms with Crippen LogP contribution in [0, 0.1) is 10.1 Å².